The normalized spacial score (nSPS) is 47.1. The number of alkyl carbamates (subject to hydrolysis) is 1. The van der Waals surface area contributed by atoms with Crippen LogP contribution in [0.3, 0.4) is 0 Å². The molecule has 1 spiro atoms. The number of amides is 1. The lowest BCUT2D eigenvalue weighted by atomic mass is 9.49. The summed E-state index contributed by atoms with van der Waals surface area (Å²) in [6.07, 6.45) is -3.82. The van der Waals surface area contributed by atoms with Crippen LogP contribution < -0.4 is 10.5 Å². The quantitative estimate of drug-likeness (QED) is 0.0266. The van der Waals surface area contributed by atoms with Gasteiger partial charge >= 0.3 is 18.0 Å². The minimum absolute atomic E-state index is 0.00649. The minimum Gasteiger partial charge on any atom is -0.600 e. The van der Waals surface area contributed by atoms with Crippen molar-refractivity contribution in [1.29, 1.82) is 0 Å². The number of aliphatic hydroxyl groups is 4. The number of nitrogens with one attached hydrogen (secondary N) is 2. The van der Waals surface area contributed by atoms with E-state index < -0.39 is 216 Å². The van der Waals surface area contributed by atoms with Gasteiger partial charge in [0.2, 0.25) is 5.78 Å². The summed E-state index contributed by atoms with van der Waals surface area (Å²) in [5, 5.41) is 71.9. The number of fused-ring (bicyclic) bond motifs is 4. The van der Waals surface area contributed by atoms with Crippen molar-refractivity contribution in [3.05, 3.63) is 63.6 Å². The molecule has 0 aromatic carbocycles. The number of esters is 2. The van der Waals surface area contributed by atoms with Crippen molar-refractivity contribution in [3.63, 3.8) is 0 Å². The highest BCUT2D eigenvalue weighted by Crippen LogP contribution is 2.61. The molecule has 0 aromatic heterocycles. The van der Waals surface area contributed by atoms with Gasteiger partial charge in [-0.3, -0.25) is 14.4 Å². The molecule has 4 aliphatic carbocycles. The lowest BCUT2D eigenvalue weighted by molar-refractivity contribution is -1.09. The molecule has 6 aliphatic heterocycles. The third-order valence-corrected chi connectivity index (χ3v) is 22.2. The zero-order valence-electron chi connectivity index (χ0n) is 57.1. The molecule has 95 heavy (non-hydrogen) atoms. The van der Waals surface area contributed by atoms with Crippen LogP contribution in [0.15, 0.2) is 58.4 Å². The van der Waals surface area contributed by atoms with Crippen molar-refractivity contribution in [3.8, 4) is 0 Å². The predicted octanol–water partition coefficient (Wildman–Crippen LogP) is 5.49. The molecule has 532 valence electrons. The van der Waals surface area contributed by atoms with Gasteiger partial charge < -0.3 is 92.5 Å². The number of Topliss-reactive ketones (excluding diaryl/α,β-unsaturated/α-hetero) is 1. The molecular weight excluding hydrogens is 1240 g/mol. The number of aldehydes is 1. The van der Waals surface area contributed by atoms with Gasteiger partial charge in [-0.25, -0.2) is 20.0 Å². The highest BCUT2D eigenvalue weighted by molar-refractivity contribution is 6.26. The Morgan fingerprint density at radius 1 is 0.726 bits per heavy atom. The van der Waals surface area contributed by atoms with Crippen LogP contribution in [0.4, 0.5) is 4.79 Å². The molecule has 1 amide bonds. The molecular formula is C69H102N2O24. The number of allylic oxidation sites excluding steroid dienone is 3. The Morgan fingerprint density at radius 3 is 2.01 bits per heavy atom. The highest BCUT2D eigenvalue weighted by Gasteiger charge is 2.65. The number of aliphatic hydroxyl groups excluding tert-OH is 4. The van der Waals surface area contributed by atoms with E-state index in [2.05, 4.69) is 25.2 Å². The van der Waals surface area contributed by atoms with Crippen LogP contribution in [0.25, 0.3) is 0 Å². The molecule has 1 saturated carbocycles. The smallest absolute Gasteiger partial charge is 0.407 e. The second kappa shape index (κ2) is 29.3. The van der Waals surface area contributed by atoms with E-state index in [1.54, 1.807) is 47.6 Å². The molecule has 1 unspecified atom stereocenters. The first-order valence-electron chi connectivity index (χ1n) is 34.1. The van der Waals surface area contributed by atoms with Gasteiger partial charge in [-0.1, -0.05) is 64.5 Å². The lowest BCUT2D eigenvalue weighted by Crippen LogP contribution is -3.17. The lowest BCUT2D eigenvalue weighted by Gasteiger charge is -2.56. The van der Waals surface area contributed by atoms with E-state index in [0.717, 1.165) is 5.57 Å². The van der Waals surface area contributed by atoms with Crippen molar-refractivity contribution < 1.29 is 116 Å². The van der Waals surface area contributed by atoms with E-state index in [9.17, 15) is 50.0 Å². The zero-order valence-corrected chi connectivity index (χ0v) is 57.1. The van der Waals surface area contributed by atoms with Crippen LogP contribution >= 0.6 is 0 Å². The molecule has 26 nitrogen and oxygen atoms in total. The second-order valence-electron chi connectivity index (χ2n) is 29.3. The van der Waals surface area contributed by atoms with Crippen molar-refractivity contribution in [2.75, 3.05) is 7.11 Å². The van der Waals surface area contributed by atoms with Crippen molar-refractivity contribution in [2.24, 2.45) is 46.8 Å². The van der Waals surface area contributed by atoms with Crippen LogP contribution in [0.1, 0.15) is 154 Å². The number of rotatable bonds is 15. The third-order valence-electron chi connectivity index (χ3n) is 22.2. The van der Waals surface area contributed by atoms with Crippen molar-refractivity contribution >= 4 is 30.1 Å². The number of ether oxygens (including phenoxy) is 13. The van der Waals surface area contributed by atoms with E-state index in [-0.39, 0.29) is 43.1 Å². The summed E-state index contributed by atoms with van der Waals surface area (Å²) in [5.74, 6) is -6.77. The fourth-order valence-electron chi connectivity index (χ4n) is 17.0. The van der Waals surface area contributed by atoms with E-state index in [1.165, 1.54) is 20.1 Å². The highest BCUT2D eigenvalue weighted by atomic mass is 16.8. The number of hydroxylamine groups is 2. The van der Waals surface area contributed by atoms with Gasteiger partial charge in [0.25, 0.3) is 0 Å². The Bertz CT molecular complexity index is 2960. The molecule has 30 atom stereocenters. The summed E-state index contributed by atoms with van der Waals surface area (Å²) in [4.78, 5) is 68.9. The molecule has 10 rings (SSSR count). The first kappa shape index (κ1) is 73.1. The topological polar surface area (TPSA) is 346 Å². The van der Waals surface area contributed by atoms with Crippen LogP contribution in [-0.2, 0) is 80.8 Å². The van der Waals surface area contributed by atoms with Crippen LogP contribution in [0.5, 0.6) is 0 Å². The SMILES string of the molecule is COC(=O)N[C@H]1[C@@H](C)O[C@@H](O[C@H]2C/C=C(\C)[C@@H]3C=C[C@@H]4[C@@H](O[C@@H]5C[C@@H](O[C@H]6CC[C@@H](O[C@@H]7C[C@@H](O)[C@@H](O[C@H]8CC[C@@H](O)[C@H](C)O8)[C@H](C)O7)[C@H](C)O6)[C@@H](OC(=O)C(C)C)[C@H](C)O5)[C@@H](C)C[C@H](C)[C@H]4[C@]3(C)C(O)=C3C(=O)O[C@]4(CC(C=O)=C[C@H](O)[C@H]4/C=C/2C)C3=O)C[C@]1(C)[NH+]([O-])O. The number of methoxy groups -OCH3 is 1. The van der Waals surface area contributed by atoms with E-state index in [4.69, 9.17) is 61.6 Å². The maximum absolute atomic E-state index is 15.6. The van der Waals surface area contributed by atoms with Gasteiger partial charge in [-0.15, -0.1) is 0 Å². The summed E-state index contributed by atoms with van der Waals surface area (Å²) >= 11 is 0. The van der Waals surface area contributed by atoms with Gasteiger partial charge in [-0.2, -0.15) is 0 Å². The first-order chi connectivity index (χ1) is 44.8. The average molecular weight is 1340 g/mol. The van der Waals surface area contributed by atoms with E-state index in [1.807, 2.05) is 39.8 Å². The Kier molecular flexibility index (Phi) is 22.6. The fraction of sp³-hybridized carbons (Fsp3) is 0.783. The first-order valence-corrected chi connectivity index (χ1v) is 34.1. The van der Waals surface area contributed by atoms with Gasteiger partial charge in [-0.05, 0) is 116 Å². The third kappa shape index (κ3) is 14.6. The molecule has 6 saturated heterocycles. The molecule has 2 bridgehead atoms. The molecule has 7 fully saturated rings. The molecule has 26 heteroatoms. The zero-order chi connectivity index (χ0) is 69.1. The standard InChI is InChI=1S/C69H102N2O24/c1-31(2)64(78)94-60-39(10)87-54(27-50(60)91-51-22-20-49(37(8)85-51)90-53-26-47(75)59(38(9)86-53)92-52-21-18-45(73)36(7)84-52)93-58-35(6)23-34(5)57-42(58)16-17-43-32(3)15-19-48(89-55-29-67(12,71(81)82)61(40(11)88-55)70-66(80)83-14)33(4)24-44-46(74)25-41(30-72)28-69(44)63(77)56(65(79)95-69)62(76)68(43,57)13/h15-17,24-25,30-31,34-40,42-55,57-61,71,73-76,81H,18-23,26-29H2,1-14H3,(H,70,80)/b32-15+,33-24+,62-56?/t34-,35-,36-,37-,38-,39-,40+,42-,43-,44+,45+,46-,47+,48-,49+,50+,51-,52-,53+,54+,55-,57+,58-,59-,60-,61-,67-,68+,69-/m0/s1. The number of carbonyl (C=O) groups is 5. The Labute approximate surface area is 555 Å². The summed E-state index contributed by atoms with van der Waals surface area (Å²) < 4.78 is 82.3. The fourth-order valence-corrected chi connectivity index (χ4v) is 17.0. The average Bonchev–Trinajstić information content (AvgIpc) is 1.52. The van der Waals surface area contributed by atoms with Crippen LogP contribution in [0.2, 0.25) is 0 Å². The van der Waals surface area contributed by atoms with Gasteiger partial charge in [0, 0.05) is 49.4 Å². The largest absolute Gasteiger partial charge is 0.600 e. The van der Waals surface area contributed by atoms with Crippen molar-refractivity contribution in [2.45, 2.75) is 288 Å². The van der Waals surface area contributed by atoms with E-state index in [0.29, 0.717) is 44.0 Å². The monoisotopic (exact) mass is 1340 g/mol. The van der Waals surface area contributed by atoms with Gasteiger partial charge in [0.1, 0.15) is 35.9 Å². The number of quaternary nitrogens is 1. The summed E-state index contributed by atoms with van der Waals surface area (Å²) in [5.41, 5.74) is -4.65. The molecule has 6 heterocycles. The van der Waals surface area contributed by atoms with Crippen LogP contribution in [-0.4, -0.2) is 197 Å². The Hall–Kier alpha value is -4.59. The van der Waals surface area contributed by atoms with E-state index >= 15 is 4.79 Å². The summed E-state index contributed by atoms with van der Waals surface area (Å²) in [7, 11) is 1.17. The molecule has 0 radical (unpaired) electrons. The number of hydrogen-bond acceptors (Lipinski definition) is 24. The Balaban J connectivity index is 0.913. The number of ketones is 1. The molecule has 0 aromatic rings. The maximum atomic E-state index is 15.6. The van der Waals surface area contributed by atoms with Crippen molar-refractivity contribution in [1.82, 2.24) is 5.32 Å². The number of carbonyl (C=O) groups excluding carboxylic acids is 5. The van der Waals surface area contributed by atoms with Crippen LogP contribution in [0, 0.1) is 52.0 Å². The second-order valence-corrected chi connectivity index (χ2v) is 29.3. The molecule has 10 aliphatic rings. The number of hydrogen-bond donors (Lipinski definition) is 7. The Morgan fingerprint density at radius 2 is 1.36 bits per heavy atom. The van der Waals surface area contributed by atoms with Gasteiger partial charge in [0.05, 0.1) is 92.5 Å². The predicted molar refractivity (Wildman–Crippen MR) is 333 cm³/mol. The maximum Gasteiger partial charge on any atom is 0.407 e. The summed E-state index contributed by atoms with van der Waals surface area (Å²) in [6, 6.07) is -1.03. The summed E-state index contributed by atoms with van der Waals surface area (Å²) in [6.45, 7) is 23.5. The molecule has 7 N–H and O–H groups in total. The minimum atomic E-state index is -2.19. The van der Waals surface area contributed by atoms with Gasteiger partial charge in [0.15, 0.2) is 48.7 Å².